The predicted molar refractivity (Wildman–Crippen MR) is 101 cm³/mol. The van der Waals surface area contributed by atoms with Crippen LogP contribution >= 0.6 is 0 Å². The van der Waals surface area contributed by atoms with Gasteiger partial charge in [-0.2, -0.15) is 13.2 Å². The van der Waals surface area contributed by atoms with Gasteiger partial charge in [-0.25, -0.2) is 4.79 Å². The number of benzene rings is 1. The molecule has 2 heterocycles. The van der Waals surface area contributed by atoms with E-state index in [4.69, 9.17) is 0 Å². The number of anilines is 1. The zero-order chi connectivity index (χ0) is 21.2. The summed E-state index contributed by atoms with van der Waals surface area (Å²) in [4.78, 5) is 43.6. The fourth-order valence-electron chi connectivity index (χ4n) is 3.41. The van der Waals surface area contributed by atoms with Gasteiger partial charge in [0.2, 0.25) is 5.91 Å². The molecule has 0 radical (unpaired) electrons. The molecule has 0 unspecified atom stereocenters. The molecule has 0 bridgehead atoms. The van der Waals surface area contributed by atoms with E-state index in [2.05, 4.69) is 9.97 Å². The van der Waals surface area contributed by atoms with E-state index in [1.807, 2.05) is 4.90 Å². The van der Waals surface area contributed by atoms with Crippen LogP contribution in [0.3, 0.4) is 0 Å². The fourth-order valence-corrected chi connectivity index (χ4v) is 3.41. The molecule has 1 saturated heterocycles. The van der Waals surface area contributed by atoms with Crippen molar-refractivity contribution in [3.05, 3.63) is 61.9 Å². The third-order valence-corrected chi connectivity index (χ3v) is 5.01. The average molecular weight is 410 g/mol. The molecule has 0 atom stereocenters. The lowest BCUT2D eigenvalue weighted by Gasteiger charge is -2.36. The second-order valence-electron chi connectivity index (χ2n) is 6.93. The van der Waals surface area contributed by atoms with Crippen LogP contribution in [0.25, 0.3) is 0 Å². The molecule has 1 amide bonds. The number of carbonyl (C=O) groups is 1. The maximum atomic E-state index is 12.9. The molecule has 156 valence electrons. The van der Waals surface area contributed by atoms with Gasteiger partial charge < -0.3 is 14.8 Å². The van der Waals surface area contributed by atoms with E-state index in [0.29, 0.717) is 43.1 Å². The van der Waals surface area contributed by atoms with Crippen molar-refractivity contribution in [2.45, 2.75) is 25.9 Å². The van der Waals surface area contributed by atoms with Crippen LogP contribution in [0.4, 0.5) is 18.9 Å². The Balaban J connectivity index is 1.58. The number of hydrogen-bond donors (Lipinski definition) is 2. The van der Waals surface area contributed by atoms with Gasteiger partial charge in [0, 0.05) is 49.5 Å². The van der Waals surface area contributed by atoms with Crippen molar-refractivity contribution in [3.8, 4) is 0 Å². The molecule has 7 nitrogen and oxygen atoms in total. The fraction of sp³-hybridized carbons (Fsp3) is 0.421. The second kappa shape index (κ2) is 8.14. The van der Waals surface area contributed by atoms with Crippen LogP contribution in [0.1, 0.15) is 23.2 Å². The second-order valence-corrected chi connectivity index (χ2v) is 6.93. The third-order valence-electron chi connectivity index (χ3n) is 5.01. The van der Waals surface area contributed by atoms with Crippen molar-refractivity contribution in [1.82, 2.24) is 14.9 Å². The van der Waals surface area contributed by atoms with Crippen LogP contribution in [0.5, 0.6) is 0 Å². The topological polar surface area (TPSA) is 89.3 Å². The zero-order valence-corrected chi connectivity index (χ0v) is 15.8. The summed E-state index contributed by atoms with van der Waals surface area (Å²) in [6.07, 6.45) is -4.09. The molecule has 1 aliphatic rings. The van der Waals surface area contributed by atoms with Crippen molar-refractivity contribution >= 4 is 11.6 Å². The molecule has 1 aromatic heterocycles. The lowest BCUT2D eigenvalue weighted by molar-refractivity contribution is -0.137. The Morgan fingerprint density at radius 2 is 1.79 bits per heavy atom. The zero-order valence-electron chi connectivity index (χ0n) is 15.8. The van der Waals surface area contributed by atoms with Crippen LogP contribution in [0.15, 0.2) is 33.9 Å². The van der Waals surface area contributed by atoms with Gasteiger partial charge >= 0.3 is 11.9 Å². The first-order valence-electron chi connectivity index (χ1n) is 9.17. The number of amides is 1. The number of rotatable bonds is 4. The van der Waals surface area contributed by atoms with E-state index < -0.39 is 23.0 Å². The summed E-state index contributed by atoms with van der Waals surface area (Å²) in [5.74, 6) is -0.140. The van der Waals surface area contributed by atoms with Gasteiger partial charge in [0.15, 0.2) is 0 Å². The number of nitrogens with one attached hydrogen (secondary N) is 2. The third kappa shape index (κ3) is 4.87. The lowest BCUT2D eigenvalue weighted by atomic mass is 10.1. The first-order valence-corrected chi connectivity index (χ1v) is 9.17. The van der Waals surface area contributed by atoms with Crippen LogP contribution in [0, 0.1) is 6.92 Å². The number of aromatic amines is 2. The summed E-state index contributed by atoms with van der Waals surface area (Å²) >= 11 is 0. The highest BCUT2D eigenvalue weighted by atomic mass is 19.4. The molecule has 2 N–H and O–H groups in total. The van der Waals surface area contributed by atoms with Crippen LogP contribution in [-0.4, -0.2) is 47.0 Å². The number of nitrogens with zero attached hydrogens (tertiary/aromatic N) is 2. The highest BCUT2D eigenvalue weighted by Gasteiger charge is 2.31. The van der Waals surface area contributed by atoms with E-state index in [0.717, 1.165) is 12.1 Å². The van der Waals surface area contributed by atoms with Gasteiger partial charge in [0.1, 0.15) is 0 Å². The van der Waals surface area contributed by atoms with Gasteiger partial charge in [-0.3, -0.25) is 14.6 Å². The van der Waals surface area contributed by atoms with Gasteiger partial charge in [-0.05, 0) is 31.5 Å². The Labute approximate surface area is 164 Å². The molecular formula is C19H21F3N4O3. The maximum absolute atomic E-state index is 12.9. The summed E-state index contributed by atoms with van der Waals surface area (Å²) in [5, 5.41) is 0. The predicted octanol–water partition coefficient (Wildman–Crippen LogP) is 1.67. The first kappa shape index (κ1) is 20.7. The molecule has 1 aromatic carbocycles. The van der Waals surface area contributed by atoms with E-state index >= 15 is 0 Å². The highest BCUT2D eigenvalue weighted by Crippen LogP contribution is 2.31. The quantitative estimate of drug-likeness (QED) is 0.803. The highest BCUT2D eigenvalue weighted by molar-refractivity contribution is 5.76. The molecule has 2 aromatic rings. The number of H-pyrrole nitrogens is 2. The van der Waals surface area contributed by atoms with E-state index in [1.54, 1.807) is 17.9 Å². The summed E-state index contributed by atoms with van der Waals surface area (Å²) < 4.78 is 38.7. The number of aromatic nitrogens is 2. The van der Waals surface area contributed by atoms with Gasteiger partial charge in [0.25, 0.3) is 5.56 Å². The molecular weight excluding hydrogens is 389 g/mol. The normalized spacial score (nSPS) is 14.9. The first-order chi connectivity index (χ1) is 13.6. The summed E-state index contributed by atoms with van der Waals surface area (Å²) in [6, 6.07) is 5.14. The molecule has 10 heteroatoms. The molecule has 29 heavy (non-hydrogen) atoms. The molecule has 0 spiro atoms. The van der Waals surface area contributed by atoms with Gasteiger partial charge in [-0.15, -0.1) is 0 Å². The van der Waals surface area contributed by atoms with Crippen LogP contribution in [-0.2, 0) is 17.4 Å². The number of piperazine rings is 1. The molecule has 3 rings (SSSR count). The Bertz CT molecular complexity index is 1000. The van der Waals surface area contributed by atoms with Gasteiger partial charge in [0.05, 0.1) is 5.56 Å². The monoisotopic (exact) mass is 410 g/mol. The standard InChI is InChI=1S/C19H21F3N4O3/c1-12-15(17(28)24-18(29)23-12)5-6-16(27)26-9-7-25(8-10-26)14-4-2-3-13(11-14)19(20,21)22/h2-4,11H,5-10H2,1H3,(H2,23,24,28,29). The average Bonchev–Trinajstić information content (AvgIpc) is 2.66. The van der Waals surface area contributed by atoms with Crippen LogP contribution < -0.4 is 16.1 Å². The van der Waals surface area contributed by atoms with Crippen molar-refractivity contribution in [1.29, 1.82) is 0 Å². The van der Waals surface area contributed by atoms with E-state index in [1.165, 1.54) is 6.07 Å². The minimum absolute atomic E-state index is 0.111. The Kier molecular flexibility index (Phi) is 5.81. The molecule has 1 aliphatic heterocycles. The van der Waals surface area contributed by atoms with E-state index in [9.17, 15) is 27.6 Å². The molecule has 0 saturated carbocycles. The van der Waals surface area contributed by atoms with E-state index in [-0.39, 0.29) is 18.7 Å². The summed E-state index contributed by atoms with van der Waals surface area (Å²) in [6.45, 7) is 3.22. The minimum atomic E-state index is -4.40. The van der Waals surface area contributed by atoms with Crippen molar-refractivity contribution in [3.63, 3.8) is 0 Å². The molecule has 1 fully saturated rings. The van der Waals surface area contributed by atoms with Crippen molar-refractivity contribution < 1.29 is 18.0 Å². The Morgan fingerprint density at radius 3 is 2.41 bits per heavy atom. The number of halogens is 3. The number of alkyl halides is 3. The number of aryl methyl sites for hydroxylation is 1. The Hall–Kier alpha value is -3.04. The Morgan fingerprint density at radius 1 is 1.10 bits per heavy atom. The lowest BCUT2D eigenvalue weighted by Crippen LogP contribution is -2.49. The van der Waals surface area contributed by atoms with Crippen LogP contribution in [0.2, 0.25) is 0 Å². The minimum Gasteiger partial charge on any atom is -0.368 e. The number of hydrogen-bond acceptors (Lipinski definition) is 4. The van der Waals surface area contributed by atoms with Gasteiger partial charge in [-0.1, -0.05) is 6.07 Å². The largest absolute Gasteiger partial charge is 0.416 e. The maximum Gasteiger partial charge on any atom is 0.416 e. The number of carbonyl (C=O) groups excluding carboxylic acids is 1. The molecule has 0 aliphatic carbocycles. The summed E-state index contributed by atoms with van der Waals surface area (Å²) in [7, 11) is 0. The van der Waals surface area contributed by atoms with Crippen molar-refractivity contribution in [2.24, 2.45) is 0 Å². The SMILES string of the molecule is Cc1[nH]c(=O)[nH]c(=O)c1CCC(=O)N1CCN(c2cccc(C(F)(F)F)c2)CC1. The van der Waals surface area contributed by atoms with Crippen molar-refractivity contribution in [2.75, 3.05) is 31.1 Å². The smallest absolute Gasteiger partial charge is 0.368 e. The summed E-state index contributed by atoms with van der Waals surface area (Å²) in [5.41, 5.74) is -0.527.